The number of halogens is 1. The number of aromatic nitrogens is 3. The first-order valence-corrected chi connectivity index (χ1v) is 10.8. The van der Waals surface area contributed by atoms with Crippen LogP contribution < -0.4 is 10.1 Å². The van der Waals surface area contributed by atoms with E-state index in [1.165, 1.54) is 5.56 Å². The molecule has 2 aliphatic rings. The second kappa shape index (κ2) is 8.32. The van der Waals surface area contributed by atoms with Crippen LogP contribution in [0.25, 0.3) is 0 Å². The lowest BCUT2D eigenvalue weighted by Gasteiger charge is -2.25. The maximum absolute atomic E-state index is 12.8. The molecule has 2 atom stereocenters. The van der Waals surface area contributed by atoms with Crippen LogP contribution in [-0.2, 0) is 19.5 Å². The van der Waals surface area contributed by atoms with Crippen LogP contribution in [-0.4, -0.2) is 45.8 Å². The Morgan fingerprint density at radius 1 is 1.13 bits per heavy atom. The molecule has 1 aromatic heterocycles. The molecule has 0 spiro atoms. The fourth-order valence-corrected chi connectivity index (χ4v) is 4.89. The Morgan fingerprint density at radius 3 is 2.71 bits per heavy atom. The van der Waals surface area contributed by atoms with Gasteiger partial charge in [-0.25, -0.2) is 0 Å². The molecule has 1 fully saturated rings. The van der Waals surface area contributed by atoms with Crippen molar-refractivity contribution in [2.75, 3.05) is 25.5 Å². The summed E-state index contributed by atoms with van der Waals surface area (Å²) in [4.78, 5) is 15.3. The molecule has 1 saturated heterocycles. The summed E-state index contributed by atoms with van der Waals surface area (Å²) in [5.41, 5.74) is 1.93. The summed E-state index contributed by atoms with van der Waals surface area (Å²) < 4.78 is 7.15. The van der Waals surface area contributed by atoms with Crippen LogP contribution in [0.15, 0.2) is 48.5 Å². The molecule has 3 heterocycles. The number of anilines is 1. The smallest absolute Gasteiger partial charge is 0.293 e. The summed E-state index contributed by atoms with van der Waals surface area (Å²) in [5.74, 6) is 2.79. The topological polar surface area (TPSA) is 72.3 Å². The molecule has 1 amide bonds. The standard InChI is InChI=1S/C23H24ClN5O2/c1-31-20-7-5-19(6-8-20)25-23(30)22-27-26-21-10-16-12-28(13-17(16)14-29(21)22)11-15-3-2-4-18(24)9-15/h2-9,16-17H,10-14H2,1H3,(H,25,30)/t16-,17+/m0/s1. The van der Waals surface area contributed by atoms with Crippen molar-refractivity contribution in [1.82, 2.24) is 19.7 Å². The lowest BCUT2D eigenvalue weighted by molar-refractivity contribution is 0.100. The predicted octanol–water partition coefficient (Wildman–Crippen LogP) is 3.50. The number of ether oxygens (including phenoxy) is 1. The fourth-order valence-electron chi connectivity index (χ4n) is 4.67. The van der Waals surface area contributed by atoms with Crippen molar-refractivity contribution in [3.05, 3.63) is 70.8 Å². The number of carbonyl (C=O) groups excluding carboxylic acids is 1. The second-order valence-electron chi connectivity index (χ2n) is 8.28. The number of nitrogens with zero attached hydrogens (tertiary/aromatic N) is 4. The van der Waals surface area contributed by atoms with Crippen molar-refractivity contribution in [3.8, 4) is 5.75 Å². The van der Waals surface area contributed by atoms with E-state index in [9.17, 15) is 4.79 Å². The lowest BCUT2D eigenvalue weighted by Crippen LogP contribution is -2.31. The number of benzene rings is 2. The van der Waals surface area contributed by atoms with Gasteiger partial charge in [-0.15, -0.1) is 10.2 Å². The van der Waals surface area contributed by atoms with Crippen molar-refractivity contribution < 1.29 is 9.53 Å². The quantitative estimate of drug-likeness (QED) is 0.661. The number of rotatable bonds is 5. The third-order valence-electron chi connectivity index (χ3n) is 6.19. The zero-order valence-electron chi connectivity index (χ0n) is 17.3. The molecule has 7 nitrogen and oxygen atoms in total. The maximum atomic E-state index is 12.8. The van der Waals surface area contributed by atoms with E-state index in [4.69, 9.17) is 16.3 Å². The van der Waals surface area contributed by atoms with Gasteiger partial charge in [-0.1, -0.05) is 23.7 Å². The van der Waals surface area contributed by atoms with E-state index >= 15 is 0 Å². The minimum atomic E-state index is -0.240. The number of nitrogens with one attached hydrogen (secondary N) is 1. The van der Waals surface area contributed by atoms with Crippen LogP contribution in [0.5, 0.6) is 5.75 Å². The van der Waals surface area contributed by atoms with Gasteiger partial charge in [0.25, 0.3) is 5.91 Å². The Kier molecular flexibility index (Phi) is 5.38. The van der Waals surface area contributed by atoms with Gasteiger partial charge in [0.05, 0.1) is 7.11 Å². The van der Waals surface area contributed by atoms with Gasteiger partial charge in [0.2, 0.25) is 5.82 Å². The fraction of sp³-hybridized carbons (Fsp3) is 0.348. The van der Waals surface area contributed by atoms with Gasteiger partial charge < -0.3 is 14.6 Å². The molecule has 1 N–H and O–H groups in total. The highest BCUT2D eigenvalue weighted by Gasteiger charge is 2.39. The van der Waals surface area contributed by atoms with Gasteiger partial charge in [0, 0.05) is 43.3 Å². The molecule has 0 radical (unpaired) electrons. The summed E-state index contributed by atoms with van der Waals surface area (Å²) in [6.45, 7) is 3.68. The molecule has 2 aromatic carbocycles. The highest BCUT2D eigenvalue weighted by atomic mass is 35.5. The minimum Gasteiger partial charge on any atom is -0.497 e. The zero-order valence-corrected chi connectivity index (χ0v) is 18.0. The predicted molar refractivity (Wildman–Crippen MR) is 118 cm³/mol. The molecule has 0 saturated carbocycles. The van der Waals surface area contributed by atoms with Crippen molar-refractivity contribution in [3.63, 3.8) is 0 Å². The average molecular weight is 438 g/mol. The first-order valence-electron chi connectivity index (χ1n) is 10.4. The third kappa shape index (κ3) is 4.16. The highest BCUT2D eigenvalue weighted by Crippen LogP contribution is 2.33. The summed E-state index contributed by atoms with van der Waals surface area (Å²) in [7, 11) is 1.61. The Morgan fingerprint density at radius 2 is 1.94 bits per heavy atom. The molecular formula is C23H24ClN5O2. The number of fused-ring (bicyclic) bond motifs is 2. The molecule has 3 aromatic rings. The van der Waals surface area contributed by atoms with E-state index in [-0.39, 0.29) is 5.91 Å². The molecule has 8 heteroatoms. The molecular weight excluding hydrogens is 414 g/mol. The summed E-state index contributed by atoms with van der Waals surface area (Å²) in [5, 5.41) is 12.2. The van der Waals surface area contributed by atoms with E-state index in [0.29, 0.717) is 23.3 Å². The van der Waals surface area contributed by atoms with Gasteiger partial charge >= 0.3 is 0 Å². The molecule has 0 aliphatic carbocycles. The van der Waals surface area contributed by atoms with Crippen LogP contribution in [0, 0.1) is 11.8 Å². The van der Waals surface area contributed by atoms with Gasteiger partial charge in [0.1, 0.15) is 11.6 Å². The Labute approximate surface area is 186 Å². The van der Waals surface area contributed by atoms with Crippen molar-refractivity contribution >= 4 is 23.2 Å². The van der Waals surface area contributed by atoms with Crippen LogP contribution in [0.4, 0.5) is 5.69 Å². The first kappa shape index (κ1) is 20.0. The molecule has 5 rings (SSSR count). The van der Waals surface area contributed by atoms with Crippen LogP contribution >= 0.6 is 11.6 Å². The number of hydrogen-bond acceptors (Lipinski definition) is 5. The highest BCUT2D eigenvalue weighted by molar-refractivity contribution is 6.30. The van der Waals surface area contributed by atoms with Gasteiger partial charge in [-0.3, -0.25) is 9.69 Å². The van der Waals surface area contributed by atoms with Gasteiger partial charge in [0.15, 0.2) is 0 Å². The van der Waals surface area contributed by atoms with Gasteiger partial charge in [-0.2, -0.15) is 0 Å². The Bertz CT molecular complexity index is 1100. The normalized spacial score (nSPS) is 20.2. The first-order chi connectivity index (χ1) is 15.1. The van der Waals surface area contributed by atoms with E-state index in [0.717, 1.165) is 49.2 Å². The zero-order chi connectivity index (χ0) is 21.4. The summed E-state index contributed by atoms with van der Waals surface area (Å²) in [6, 6.07) is 15.3. The number of methoxy groups -OCH3 is 1. The van der Waals surface area contributed by atoms with Crippen LogP contribution in [0.1, 0.15) is 22.0 Å². The van der Waals surface area contributed by atoms with Gasteiger partial charge in [-0.05, 0) is 53.8 Å². The number of hydrogen-bond donors (Lipinski definition) is 1. The Balaban J connectivity index is 1.26. The number of carbonyl (C=O) groups is 1. The second-order valence-corrected chi connectivity index (χ2v) is 8.72. The van der Waals surface area contributed by atoms with E-state index in [1.807, 2.05) is 47.0 Å². The Hall–Kier alpha value is -2.90. The van der Waals surface area contributed by atoms with E-state index in [2.05, 4.69) is 26.5 Å². The molecule has 0 unspecified atom stereocenters. The van der Waals surface area contributed by atoms with E-state index < -0.39 is 0 Å². The van der Waals surface area contributed by atoms with Crippen molar-refractivity contribution in [1.29, 1.82) is 0 Å². The minimum absolute atomic E-state index is 0.240. The lowest BCUT2D eigenvalue weighted by atomic mass is 9.89. The summed E-state index contributed by atoms with van der Waals surface area (Å²) >= 11 is 6.14. The SMILES string of the molecule is COc1ccc(NC(=O)c2nnc3n2C[C@H]2CN(Cc4cccc(Cl)c4)C[C@@H]2C3)cc1. The number of likely N-dealkylation sites (tertiary alicyclic amines) is 1. The molecule has 31 heavy (non-hydrogen) atoms. The molecule has 160 valence electrons. The van der Waals surface area contributed by atoms with Crippen molar-refractivity contribution in [2.24, 2.45) is 11.8 Å². The van der Waals surface area contributed by atoms with Crippen LogP contribution in [0.3, 0.4) is 0 Å². The van der Waals surface area contributed by atoms with Crippen LogP contribution in [0.2, 0.25) is 5.02 Å². The number of amides is 1. The largest absolute Gasteiger partial charge is 0.497 e. The monoisotopic (exact) mass is 437 g/mol. The molecule has 0 bridgehead atoms. The van der Waals surface area contributed by atoms with E-state index in [1.54, 1.807) is 7.11 Å². The maximum Gasteiger partial charge on any atom is 0.293 e. The summed E-state index contributed by atoms with van der Waals surface area (Å²) in [6.07, 6.45) is 0.847. The third-order valence-corrected chi connectivity index (χ3v) is 6.42. The molecule has 2 aliphatic heterocycles. The average Bonchev–Trinajstić information content (AvgIpc) is 3.35. The van der Waals surface area contributed by atoms with Crippen molar-refractivity contribution in [2.45, 2.75) is 19.5 Å².